The van der Waals surface area contributed by atoms with E-state index in [4.69, 9.17) is 4.74 Å². The Balaban J connectivity index is 2.15. The molecule has 0 aliphatic carbocycles. The number of ether oxygens (including phenoxy) is 1. The fourth-order valence-electron chi connectivity index (χ4n) is 3.48. The quantitative estimate of drug-likeness (QED) is 0.912. The van der Waals surface area contributed by atoms with Crippen LogP contribution in [-0.4, -0.2) is 35.7 Å². The van der Waals surface area contributed by atoms with Crippen LogP contribution in [0.4, 0.5) is 4.39 Å². The number of likely N-dealkylation sites (tertiary alicyclic amines) is 1. The number of rotatable bonds is 5. The van der Waals surface area contributed by atoms with Gasteiger partial charge in [-0.15, -0.1) is 0 Å². The Morgan fingerprint density at radius 1 is 1.21 bits per heavy atom. The molecule has 2 atom stereocenters. The van der Waals surface area contributed by atoms with Crippen LogP contribution in [0.2, 0.25) is 0 Å². The molecule has 2 aromatic carbocycles. The third-order valence-electron chi connectivity index (χ3n) is 4.54. The van der Waals surface area contributed by atoms with E-state index in [-0.39, 0.29) is 5.82 Å². The Labute approximate surface area is 140 Å². The molecule has 5 heteroatoms. The van der Waals surface area contributed by atoms with Gasteiger partial charge in [-0.3, -0.25) is 9.69 Å². The Morgan fingerprint density at radius 3 is 2.54 bits per heavy atom. The van der Waals surface area contributed by atoms with Crippen molar-refractivity contribution in [1.82, 2.24) is 4.90 Å². The summed E-state index contributed by atoms with van der Waals surface area (Å²) in [7, 11) is 1.57. The summed E-state index contributed by atoms with van der Waals surface area (Å²) in [6.45, 7) is 0.605. The predicted octanol–water partition coefficient (Wildman–Crippen LogP) is 3.47. The number of para-hydroxylation sites is 1. The smallest absolute Gasteiger partial charge is 0.320 e. The van der Waals surface area contributed by atoms with E-state index < -0.39 is 18.1 Å². The molecule has 126 valence electrons. The van der Waals surface area contributed by atoms with Crippen molar-refractivity contribution in [2.45, 2.75) is 24.9 Å². The second-order valence-electron chi connectivity index (χ2n) is 5.90. The number of halogens is 1. The Hall–Kier alpha value is -2.40. The summed E-state index contributed by atoms with van der Waals surface area (Å²) in [6.07, 6.45) is 1.34. The topological polar surface area (TPSA) is 49.8 Å². The SMILES string of the molecule is COc1ccccc1C(c1ccccc1F)N1CCCC1C(=O)O. The molecule has 0 bridgehead atoms. The van der Waals surface area contributed by atoms with Crippen molar-refractivity contribution in [1.29, 1.82) is 0 Å². The minimum atomic E-state index is -0.872. The summed E-state index contributed by atoms with van der Waals surface area (Å²) < 4.78 is 20.0. The van der Waals surface area contributed by atoms with Crippen LogP contribution in [0.15, 0.2) is 48.5 Å². The number of carbonyl (C=O) groups is 1. The van der Waals surface area contributed by atoms with E-state index in [0.29, 0.717) is 24.3 Å². The molecule has 1 aliphatic rings. The van der Waals surface area contributed by atoms with Crippen LogP contribution in [-0.2, 0) is 4.79 Å². The second kappa shape index (κ2) is 7.01. The van der Waals surface area contributed by atoms with E-state index in [1.807, 2.05) is 29.2 Å². The molecule has 1 aliphatic heterocycles. The van der Waals surface area contributed by atoms with E-state index in [9.17, 15) is 14.3 Å². The van der Waals surface area contributed by atoms with Gasteiger partial charge in [-0.2, -0.15) is 0 Å². The first-order valence-electron chi connectivity index (χ1n) is 7.99. The standard InChI is InChI=1S/C19H20FNO3/c1-24-17-11-5-3-8-14(17)18(13-7-2-4-9-15(13)20)21-12-6-10-16(21)19(22)23/h2-5,7-9,11,16,18H,6,10,12H2,1H3,(H,22,23). The van der Waals surface area contributed by atoms with Crippen molar-refractivity contribution in [2.75, 3.05) is 13.7 Å². The monoisotopic (exact) mass is 329 g/mol. The number of carboxylic acid groups (broad SMARTS) is 1. The first-order chi connectivity index (χ1) is 11.6. The highest BCUT2D eigenvalue weighted by molar-refractivity contribution is 5.74. The Morgan fingerprint density at radius 2 is 1.88 bits per heavy atom. The molecule has 24 heavy (non-hydrogen) atoms. The summed E-state index contributed by atoms with van der Waals surface area (Å²) >= 11 is 0. The fourth-order valence-corrected chi connectivity index (χ4v) is 3.48. The maximum atomic E-state index is 14.5. The maximum Gasteiger partial charge on any atom is 0.320 e. The van der Waals surface area contributed by atoms with Crippen molar-refractivity contribution >= 4 is 5.97 Å². The number of nitrogens with zero attached hydrogens (tertiary/aromatic N) is 1. The number of carboxylic acids is 1. The number of aliphatic carboxylic acids is 1. The summed E-state index contributed by atoms with van der Waals surface area (Å²) in [5.41, 5.74) is 1.24. The van der Waals surface area contributed by atoms with Crippen LogP contribution in [0.25, 0.3) is 0 Å². The molecule has 0 aromatic heterocycles. The summed E-state index contributed by atoms with van der Waals surface area (Å²) in [6, 6.07) is 12.8. The highest BCUT2D eigenvalue weighted by atomic mass is 19.1. The molecule has 3 rings (SSSR count). The minimum Gasteiger partial charge on any atom is -0.496 e. The van der Waals surface area contributed by atoms with Gasteiger partial charge in [0.05, 0.1) is 13.2 Å². The molecule has 0 saturated carbocycles. The Kier molecular flexibility index (Phi) is 4.81. The van der Waals surface area contributed by atoms with Gasteiger partial charge >= 0.3 is 5.97 Å². The fraction of sp³-hybridized carbons (Fsp3) is 0.316. The molecule has 0 amide bonds. The zero-order valence-electron chi connectivity index (χ0n) is 13.5. The van der Waals surface area contributed by atoms with Crippen LogP contribution >= 0.6 is 0 Å². The first-order valence-corrected chi connectivity index (χ1v) is 7.99. The molecule has 1 heterocycles. The first kappa shape index (κ1) is 16.5. The van der Waals surface area contributed by atoms with Crippen molar-refractivity contribution < 1.29 is 19.0 Å². The van der Waals surface area contributed by atoms with Crippen molar-refractivity contribution in [3.05, 3.63) is 65.5 Å². The van der Waals surface area contributed by atoms with Gasteiger partial charge < -0.3 is 9.84 Å². The molecule has 2 aromatic rings. The van der Waals surface area contributed by atoms with Gasteiger partial charge in [0.25, 0.3) is 0 Å². The highest BCUT2D eigenvalue weighted by Gasteiger charge is 2.38. The molecule has 0 spiro atoms. The zero-order chi connectivity index (χ0) is 17.1. The lowest BCUT2D eigenvalue weighted by atomic mass is 9.95. The van der Waals surface area contributed by atoms with Gasteiger partial charge in [0.1, 0.15) is 17.6 Å². The molecule has 1 fully saturated rings. The van der Waals surface area contributed by atoms with Crippen molar-refractivity contribution in [3.8, 4) is 5.75 Å². The van der Waals surface area contributed by atoms with E-state index in [1.165, 1.54) is 6.07 Å². The summed E-state index contributed by atoms with van der Waals surface area (Å²) in [5, 5.41) is 9.56. The maximum absolute atomic E-state index is 14.5. The number of methoxy groups -OCH3 is 1. The van der Waals surface area contributed by atoms with Crippen LogP contribution in [0.1, 0.15) is 30.0 Å². The van der Waals surface area contributed by atoms with Crippen LogP contribution in [0, 0.1) is 5.82 Å². The number of hydrogen-bond acceptors (Lipinski definition) is 3. The second-order valence-corrected chi connectivity index (χ2v) is 5.90. The van der Waals surface area contributed by atoms with Gasteiger partial charge in [-0.1, -0.05) is 36.4 Å². The van der Waals surface area contributed by atoms with Crippen LogP contribution < -0.4 is 4.74 Å². The highest BCUT2D eigenvalue weighted by Crippen LogP contribution is 2.39. The largest absolute Gasteiger partial charge is 0.496 e. The van der Waals surface area contributed by atoms with E-state index in [0.717, 1.165) is 12.0 Å². The normalized spacial score (nSPS) is 19.2. The lowest BCUT2D eigenvalue weighted by Crippen LogP contribution is -2.39. The minimum absolute atomic E-state index is 0.343. The van der Waals surface area contributed by atoms with Gasteiger partial charge in [0.15, 0.2) is 0 Å². The average molecular weight is 329 g/mol. The Bertz CT molecular complexity index is 734. The third-order valence-corrected chi connectivity index (χ3v) is 4.54. The summed E-state index contributed by atoms with van der Waals surface area (Å²) in [5.74, 6) is -0.588. The number of benzene rings is 2. The van der Waals surface area contributed by atoms with Gasteiger partial charge in [-0.05, 0) is 25.0 Å². The lowest BCUT2D eigenvalue weighted by molar-refractivity contribution is -0.142. The molecule has 2 unspecified atom stereocenters. The zero-order valence-corrected chi connectivity index (χ0v) is 13.5. The van der Waals surface area contributed by atoms with E-state index >= 15 is 0 Å². The third kappa shape index (κ3) is 2.99. The number of hydrogen-bond donors (Lipinski definition) is 1. The van der Waals surface area contributed by atoms with Gasteiger partial charge in [-0.25, -0.2) is 4.39 Å². The van der Waals surface area contributed by atoms with Crippen LogP contribution in [0.3, 0.4) is 0 Å². The molecule has 1 N–H and O–H groups in total. The molecule has 4 nitrogen and oxygen atoms in total. The molecular formula is C19H20FNO3. The molecule has 1 saturated heterocycles. The van der Waals surface area contributed by atoms with Gasteiger partial charge in [0.2, 0.25) is 0 Å². The van der Waals surface area contributed by atoms with Crippen molar-refractivity contribution in [3.63, 3.8) is 0 Å². The summed E-state index contributed by atoms with van der Waals surface area (Å²) in [4.78, 5) is 13.5. The molecular weight excluding hydrogens is 309 g/mol. The van der Waals surface area contributed by atoms with E-state index in [2.05, 4.69) is 0 Å². The van der Waals surface area contributed by atoms with Crippen LogP contribution in [0.5, 0.6) is 5.75 Å². The van der Waals surface area contributed by atoms with Crippen molar-refractivity contribution in [2.24, 2.45) is 0 Å². The van der Waals surface area contributed by atoms with E-state index in [1.54, 1.807) is 25.3 Å². The average Bonchev–Trinajstić information content (AvgIpc) is 3.07. The molecule has 0 radical (unpaired) electrons. The predicted molar refractivity (Wildman–Crippen MR) is 88.6 cm³/mol. The van der Waals surface area contributed by atoms with Gasteiger partial charge in [0, 0.05) is 17.7 Å². The lowest BCUT2D eigenvalue weighted by Gasteiger charge is -2.33.